The number of aliphatic hydroxyl groups is 1. The predicted octanol–water partition coefficient (Wildman–Crippen LogP) is 0.746. The molecule has 0 spiro atoms. The summed E-state index contributed by atoms with van der Waals surface area (Å²) in [5, 5.41) is 13.2. The number of β-amino-alcohol motifs (C(OH)–C–C–N with tert-alkyl or cyclic N) is 1. The van der Waals surface area contributed by atoms with E-state index in [1.165, 1.54) is 0 Å². The standard InChI is InChI=1S/C13H24N2O2/c1-9-6-7-15(8-12(9)16)13(17)11-5-3-4-10(2)14-11/h9-12,14,16H,3-8H2,1-2H3. The second-order valence-electron chi connectivity index (χ2n) is 5.67. The van der Waals surface area contributed by atoms with Crippen molar-refractivity contribution < 1.29 is 9.90 Å². The zero-order valence-corrected chi connectivity index (χ0v) is 10.9. The van der Waals surface area contributed by atoms with Crippen molar-refractivity contribution in [1.82, 2.24) is 10.2 Å². The smallest absolute Gasteiger partial charge is 0.239 e. The highest BCUT2D eigenvalue weighted by Gasteiger charge is 2.32. The molecule has 4 atom stereocenters. The number of carbonyl (C=O) groups is 1. The molecule has 2 rings (SSSR count). The maximum Gasteiger partial charge on any atom is 0.239 e. The molecule has 0 aliphatic carbocycles. The van der Waals surface area contributed by atoms with E-state index in [9.17, 15) is 9.90 Å². The van der Waals surface area contributed by atoms with Gasteiger partial charge in [-0.1, -0.05) is 6.92 Å². The van der Waals surface area contributed by atoms with Gasteiger partial charge in [-0.3, -0.25) is 4.79 Å². The van der Waals surface area contributed by atoms with Gasteiger partial charge in [0.25, 0.3) is 0 Å². The van der Waals surface area contributed by atoms with E-state index in [0.717, 1.165) is 32.2 Å². The minimum Gasteiger partial charge on any atom is -0.391 e. The molecule has 2 aliphatic heterocycles. The first-order chi connectivity index (χ1) is 8.08. The summed E-state index contributed by atoms with van der Waals surface area (Å²) in [6.45, 7) is 5.48. The van der Waals surface area contributed by atoms with E-state index in [2.05, 4.69) is 12.2 Å². The van der Waals surface area contributed by atoms with Crippen LogP contribution in [0.1, 0.15) is 39.5 Å². The number of hydrogen-bond acceptors (Lipinski definition) is 3. The van der Waals surface area contributed by atoms with Gasteiger partial charge in [0.2, 0.25) is 5.91 Å². The Morgan fingerprint density at radius 2 is 2.06 bits per heavy atom. The number of nitrogens with one attached hydrogen (secondary N) is 1. The number of carbonyl (C=O) groups excluding carboxylic acids is 1. The molecule has 2 fully saturated rings. The third kappa shape index (κ3) is 2.99. The van der Waals surface area contributed by atoms with E-state index in [1.54, 1.807) is 0 Å². The van der Waals surface area contributed by atoms with Crippen molar-refractivity contribution in [2.24, 2.45) is 5.92 Å². The van der Waals surface area contributed by atoms with Gasteiger partial charge >= 0.3 is 0 Å². The Hall–Kier alpha value is -0.610. The maximum atomic E-state index is 12.3. The lowest BCUT2D eigenvalue weighted by molar-refractivity contribution is -0.138. The second-order valence-corrected chi connectivity index (χ2v) is 5.67. The molecule has 98 valence electrons. The van der Waals surface area contributed by atoms with E-state index in [0.29, 0.717) is 18.5 Å². The number of piperidine rings is 2. The first-order valence-corrected chi connectivity index (χ1v) is 6.81. The molecule has 4 heteroatoms. The number of likely N-dealkylation sites (tertiary alicyclic amines) is 1. The average Bonchev–Trinajstić information content (AvgIpc) is 2.32. The van der Waals surface area contributed by atoms with Crippen LogP contribution < -0.4 is 5.32 Å². The summed E-state index contributed by atoms with van der Waals surface area (Å²) in [6, 6.07) is 0.408. The molecule has 1 amide bonds. The van der Waals surface area contributed by atoms with E-state index >= 15 is 0 Å². The Balaban J connectivity index is 1.91. The zero-order valence-electron chi connectivity index (χ0n) is 10.9. The van der Waals surface area contributed by atoms with Crippen LogP contribution in [0.2, 0.25) is 0 Å². The molecule has 4 unspecified atom stereocenters. The van der Waals surface area contributed by atoms with Crippen LogP contribution in [-0.2, 0) is 4.79 Å². The fraction of sp³-hybridized carbons (Fsp3) is 0.923. The first kappa shape index (κ1) is 12.8. The van der Waals surface area contributed by atoms with Crippen molar-refractivity contribution >= 4 is 5.91 Å². The van der Waals surface area contributed by atoms with Gasteiger partial charge < -0.3 is 15.3 Å². The van der Waals surface area contributed by atoms with E-state index < -0.39 is 0 Å². The minimum absolute atomic E-state index is 0.0284. The highest BCUT2D eigenvalue weighted by molar-refractivity contribution is 5.82. The Labute approximate surface area is 103 Å². The average molecular weight is 240 g/mol. The molecular formula is C13H24N2O2. The van der Waals surface area contributed by atoms with Gasteiger partial charge in [-0.25, -0.2) is 0 Å². The van der Waals surface area contributed by atoms with Crippen LogP contribution in [0, 0.1) is 5.92 Å². The Morgan fingerprint density at radius 3 is 2.71 bits per heavy atom. The molecule has 0 aromatic rings. The highest BCUT2D eigenvalue weighted by Crippen LogP contribution is 2.20. The number of amides is 1. The monoisotopic (exact) mass is 240 g/mol. The first-order valence-electron chi connectivity index (χ1n) is 6.81. The van der Waals surface area contributed by atoms with Crippen molar-refractivity contribution in [2.75, 3.05) is 13.1 Å². The molecule has 4 nitrogen and oxygen atoms in total. The zero-order chi connectivity index (χ0) is 12.4. The van der Waals surface area contributed by atoms with Crippen molar-refractivity contribution in [3.63, 3.8) is 0 Å². The predicted molar refractivity (Wildman–Crippen MR) is 66.6 cm³/mol. The van der Waals surface area contributed by atoms with Gasteiger partial charge in [0, 0.05) is 19.1 Å². The lowest BCUT2D eigenvalue weighted by Gasteiger charge is -2.38. The van der Waals surface area contributed by atoms with Crippen LogP contribution in [0.4, 0.5) is 0 Å². The molecule has 0 aromatic carbocycles. The normalized spacial score (nSPS) is 39.1. The maximum absolute atomic E-state index is 12.3. The molecular weight excluding hydrogens is 216 g/mol. The Morgan fingerprint density at radius 1 is 1.29 bits per heavy atom. The molecule has 17 heavy (non-hydrogen) atoms. The molecule has 2 saturated heterocycles. The number of aliphatic hydroxyl groups excluding tert-OH is 1. The van der Waals surface area contributed by atoms with Gasteiger partial charge in [-0.05, 0) is 38.5 Å². The van der Waals surface area contributed by atoms with Crippen molar-refractivity contribution in [1.29, 1.82) is 0 Å². The summed E-state index contributed by atoms with van der Waals surface area (Å²) in [5.74, 6) is 0.500. The van der Waals surface area contributed by atoms with Gasteiger partial charge in [0.1, 0.15) is 0 Å². The molecule has 0 saturated carbocycles. The number of hydrogen-bond donors (Lipinski definition) is 2. The number of rotatable bonds is 1. The molecule has 0 aromatic heterocycles. The van der Waals surface area contributed by atoms with Gasteiger partial charge in [-0.15, -0.1) is 0 Å². The summed E-state index contributed by atoms with van der Waals surface area (Å²) in [4.78, 5) is 14.1. The van der Waals surface area contributed by atoms with Crippen LogP contribution in [0.3, 0.4) is 0 Å². The molecule has 2 N–H and O–H groups in total. The van der Waals surface area contributed by atoms with E-state index in [1.807, 2.05) is 11.8 Å². The third-order valence-corrected chi connectivity index (χ3v) is 4.14. The lowest BCUT2D eigenvalue weighted by atomic mass is 9.94. The SMILES string of the molecule is CC1CCCC(C(=O)N2CCC(C)C(O)C2)N1. The van der Waals surface area contributed by atoms with Crippen LogP contribution in [-0.4, -0.2) is 47.2 Å². The van der Waals surface area contributed by atoms with E-state index in [-0.39, 0.29) is 18.1 Å². The Kier molecular flexibility index (Phi) is 4.05. The second kappa shape index (κ2) is 5.36. The number of nitrogens with zero attached hydrogens (tertiary/aromatic N) is 1. The van der Waals surface area contributed by atoms with Crippen LogP contribution in [0.25, 0.3) is 0 Å². The van der Waals surface area contributed by atoms with Gasteiger partial charge in [0.05, 0.1) is 12.1 Å². The summed E-state index contributed by atoms with van der Waals surface area (Å²) < 4.78 is 0. The topological polar surface area (TPSA) is 52.6 Å². The summed E-state index contributed by atoms with van der Waals surface area (Å²) in [7, 11) is 0. The van der Waals surface area contributed by atoms with Crippen molar-refractivity contribution in [3.8, 4) is 0 Å². The van der Waals surface area contributed by atoms with Gasteiger partial charge in [0.15, 0.2) is 0 Å². The molecule has 0 radical (unpaired) electrons. The summed E-state index contributed by atoms with van der Waals surface area (Å²) in [6.07, 6.45) is 3.77. The Bertz CT molecular complexity index is 283. The van der Waals surface area contributed by atoms with E-state index in [4.69, 9.17) is 0 Å². The molecule has 2 heterocycles. The lowest BCUT2D eigenvalue weighted by Crippen LogP contribution is -2.55. The summed E-state index contributed by atoms with van der Waals surface area (Å²) >= 11 is 0. The van der Waals surface area contributed by atoms with Crippen LogP contribution in [0.5, 0.6) is 0 Å². The van der Waals surface area contributed by atoms with Crippen LogP contribution >= 0.6 is 0 Å². The minimum atomic E-state index is -0.353. The van der Waals surface area contributed by atoms with Crippen molar-refractivity contribution in [2.45, 2.75) is 57.7 Å². The molecule has 0 bridgehead atoms. The van der Waals surface area contributed by atoms with Crippen molar-refractivity contribution in [3.05, 3.63) is 0 Å². The fourth-order valence-corrected chi connectivity index (χ4v) is 2.80. The largest absolute Gasteiger partial charge is 0.391 e. The highest BCUT2D eigenvalue weighted by atomic mass is 16.3. The van der Waals surface area contributed by atoms with Gasteiger partial charge in [-0.2, -0.15) is 0 Å². The fourth-order valence-electron chi connectivity index (χ4n) is 2.80. The quantitative estimate of drug-likeness (QED) is 0.711. The summed E-state index contributed by atoms with van der Waals surface area (Å²) in [5.41, 5.74) is 0. The van der Waals surface area contributed by atoms with Crippen LogP contribution in [0.15, 0.2) is 0 Å². The molecule has 2 aliphatic rings. The third-order valence-electron chi connectivity index (χ3n) is 4.14.